The number of esters is 2. The Balaban J connectivity index is 1.64. The zero-order valence-electron chi connectivity index (χ0n) is 40.7. The van der Waals surface area contributed by atoms with Gasteiger partial charge in [0.2, 0.25) is 0 Å². The summed E-state index contributed by atoms with van der Waals surface area (Å²) in [7, 11) is 5.33. The summed E-state index contributed by atoms with van der Waals surface area (Å²) in [4.78, 5) is 30.3. The van der Waals surface area contributed by atoms with Crippen molar-refractivity contribution in [2.45, 2.75) is 148 Å². The van der Waals surface area contributed by atoms with Crippen LogP contribution in [-0.4, -0.2) is 125 Å². The van der Waals surface area contributed by atoms with Crippen LogP contribution >= 0.6 is 11.6 Å². The molecule has 13 nitrogen and oxygen atoms in total. The topological polar surface area (TPSA) is 169 Å². The Bertz CT molecular complexity index is 2120. The molecule has 0 radical (unpaired) electrons. The zero-order valence-corrected chi connectivity index (χ0v) is 41.4. The number of carbonyl (C=O) groups excluding carboxylic acids is 2. The van der Waals surface area contributed by atoms with Crippen LogP contribution < -0.4 is 0 Å². The van der Waals surface area contributed by atoms with E-state index < -0.39 is 83.6 Å². The molecule has 66 heavy (non-hydrogen) atoms. The van der Waals surface area contributed by atoms with Crippen molar-refractivity contribution < 1.29 is 48.6 Å². The van der Waals surface area contributed by atoms with Gasteiger partial charge in [-0.3, -0.25) is 9.59 Å². The smallest absolute Gasteiger partial charge is 0.312 e. The van der Waals surface area contributed by atoms with Gasteiger partial charge in [0.15, 0.2) is 6.29 Å². The summed E-state index contributed by atoms with van der Waals surface area (Å²) in [6.45, 7) is 16.0. The third-order valence-electron chi connectivity index (χ3n) is 13.8. The molecule has 0 amide bonds. The average molecular weight is 935 g/mol. The SMILES string of the molecule is CC[C@H]1OC(=O)[C@H](C)[C@@H](OC(=O)Cc2ccc(Cl)cc2)[C@H](C)[C@@H](OC2OC(C)CC(N(C)C)C2O)[C@](C)(OC)C[C@@H](C)/C(=N\N=C(/C)c2ccc(-c3ccccc3)cc2)[C@H](C)[C@@H](O)[C@]1(C)O. The summed E-state index contributed by atoms with van der Waals surface area (Å²) in [5, 5.41) is 46.3. The highest BCUT2D eigenvalue weighted by atomic mass is 35.5. The quantitative estimate of drug-likeness (QED) is 0.0971. The van der Waals surface area contributed by atoms with Crippen LogP contribution in [0.2, 0.25) is 5.02 Å². The summed E-state index contributed by atoms with van der Waals surface area (Å²) in [5.41, 5.74) is 1.48. The Morgan fingerprint density at radius 2 is 1.55 bits per heavy atom. The second-order valence-corrected chi connectivity index (χ2v) is 19.5. The first-order chi connectivity index (χ1) is 31.1. The first-order valence-electron chi connectivity index (χ1n) is 23.1. The van der Waals surface area contributed by atoms with Crippen LogP contribution in [0, 0.1) is 23.7 Å². The molecule has 5 rings (SSSR count). The lowest BCUT2D eigenvalue weighted by Crippen LogP contribution is -2.60. The van der Waals surface area contributed by atoms with Crippen LogP contribution in [0.25, 0.3) is 11.1 Å². The van der Waals surface area contributed by atoms with Crippen LogP contribution in [0.15, 0.2) is 89.1 Å². The van der Waals surface area contributed by atoms with E-state index in [0.717, 1.165) is 16.7 Å². The van der Waals surface area contributed by atoms with E-state index >= 15 is 0 Å². The van der Waals surface area contributed by atoms with Crippen molar-refractivity contribution in [3.8, 4) is 11.1 Å². The molecular formula is C52H72ClN3O10. The van der Waals surface area contributed by atoms with E-state index in [1.165, 1.54) is 6.92 Å². The van der Waals surface area contributed by atoms with Gasteiger partial charge in [-0.25, -0.2) is 0 Å². The highest BCUT2D eigenvalue weighted by Crippen LogP contribution is 2.40. The molecule has 14 heteroatoms. The number of hydrogen-bond donors (Lipinski definition) is 3. The van der Waals surface area contributed by atoms with Crippen molar-refractivity contribution in [3.05, 3.63) is 95.0 Å². The Hall–Kier alpha value is -4.05. The molecule has 0 spiro atoms. The molecular weight excluding hydrogens is 862 g/mol. The Morgan fingerprint density at radius 1 is 0.924 bits per heavy atom. The largest absolute Gasteiger partial charge is 0.461 e. The van der Waals surface area contributed by atoms with E-state index in [4.69, 9.17) is 45.5 Å². The van der Waals surface area contributed by atoms with E-state index in [1.807, 2.05) is 108 Å². The lowest BCUT2D eigenvalue weighted by atomic mass is 9.73. The number of cyclic esters (lactones) is 1. The predicted molar refractivity (Wildman–Crippen MR) is 257 cm³/mol. The number of benzene rings is 3. The number of carbonyl (C=O) groups is 2. The Kier molecular flexibility index (Phi) is 18.3. The maximum absolute atomic E-state index is 14.4. The normalized spacial score (nSPS) is 34.7. The van der Waals surface area contributed by atoms with Crippen molar-refractivity contribution in [3.63, 3.8) is 0 Å². The molecule has 2 fully saturated rings. The summed E-state index contributed by atoms with van der Waals surface area (Å²) in [5.74, 6) is -4.60. The number of ether oxygens (including phenoxy) is 5. The molecule has 362 valence electrons. The monoisotopic (exact) mass is 933 g/mol. The van der Waals surface area contributed by atoms with E-state index in [-0.39, 0.29) is 31.4 Å². The average Bonchev–Trinajstić information content (AvgIpc) is 3.29. The Labute approximate surface area is 396 Å². The van der Waals surface area contributed by atoms with Crippen molar-refractivity contribution in [2.24, 2.45) is 33.9 Å². The van der Waals surface area contributed by atoms with Gasteiger partial charge in [0, 0.05) is 35.7 Å². The van der Waals surface area contributed by atoms with Gasteiger partial charge in [-0.2, -0.15) is 10.2 Å². The minimum atomic E-state index is -1.96. The number of rotatable bonds is 11. The van der Waals surface area contributed by atoms with Crippen molar-refractivity contribution >= 4 is 35.0 Å². The van der Waals surface area contributed by atoms with Gasteiger partial charge < -0.3 is 43.9 Å². The molecule has 0 saturated carbocycles. The minimum absolute atomic E-state index is 0.119. The first kappa shape index (κ1) is 52.9. The van der Waals surface area contributed by atoms with Crippen molar-refractivity contribution in [1.82, 2.24) is 4.90 Å². The molecule has 14 atom stereocenters. The van der Waals surface area contributed by atoms with Gasteiger partial charge in [-0.05, 0) is 108 Å². The van der Waals surface area contributed by atoms with E-state index in [0.29, 0.717) is 28.4 Å². The van der Waals surface area contributed by atoms with Gasteiger partial charge in [0.05, 0.1) is 42.0 Å². The molecule has 0 aliphatic carbocycles. The number of aliphatic hydroxyl groups is 3. The lowest BCUT2D eigenvalue weighted by molar-refractivity contribution is -0.301. The van der Waals surface area contributed by atoms with E-state index in [2.05, 4.69) is 0 Å². The number of likely N-dealkylation sites (N-methyl/N-ethyl adjacent to an activating group) is 1. The third kappa shape index (κ3) is 12.5. The molecule has 2 heterocycles. The fourth-order valence-electron chi connectivity index (χ4n) is 9.67. The van der Waals surface area contributed by atoms with Gasteiger partial charge >= 0.3 is 11.9 Å². The maximum Gasteiger partial charge on any atom is 0.312 e. The number of aliphatic hydroxyl groups excluding tert-OH is 2. The molecule has 0 aromatic heterocycles. The summed E-state index contributed by atoms with van der Waals surface area (Å²) in [6, 6.07) is 24.6. The number of hydrogen-bond acceptors (Lipinski definition) is 13. The molecule has 2 aliphatic heterocycles. The second-order valence-electron chi connectivity index (χ2n) is 19.1. The van der Waals surface area contributed by atoms with Crippen LogP contribution in [0.3, 0.4) is 0 Å². The van der Waals surface area contributed by atoms with Gasteiger partial charge in [0.25, 0.3) is 0 Å². The zero-order chi connectivity index (χ0) is 48.7. The fraction of sp³-hybridized carbons (Fsp3) is 0.577. The lowest BCUT2D eigenvalue weighted by Gasteiger charge is -2.48. The van der Waals surface area contributed by atoms with Gasteiger partial charge in [0.1, 0.15) is 23.9 Å². The molecule has 2 saturated heterocycles. The van der Waals surface area contributed by atoms with Crippen LogP contribution in [0.1, 0.15) is 92.7 Å². The van der Waals surface area contributed by atoms with Crippen molar-refractivity contribution in [2.75, 3.05) is 21.2 Å². The van der Waals surface area contributed by atoms with Crippen LogP contribution in [0.5, 0.6) is 0 Å². The van der Waals surface area contributed by atoms with Gasteiger partial charge in [-0.1, -0.05) is 106 Å². The summed E-state index contributed by atoms with van der Waals surface area (Å²) >= 11 is 6.14. The van der Waals surface area contributed by atoms with Crippen molar-refractivity contribution in [1.29, 1.82) is 0 Å². The molecule has 3 N–H and O–H groups in total. The third-order valence-corrected chi connectivity index (χ3v) is 14.0. The first-order valence-corrected chi connectivity index (χ1v) is 23.5. The summed E-state index contributed by atoms with van der Waals surface area (Å²) < 4.78 is 32.2. The van der Waals surface area contributed by atoms with Crippen LogP contribution in [-0.2, 0) is 39.7 Å². The number of nitrogens with zero attached hydrogens (tertiary/aromatic N) is 3. The van der Waals surface area contributed by atoms with E-state index in [1.54, 1.807) is 52.1 Å². The number of methoxy groups -OCH3 is 1. The molecule has 2 aliphatic rings. The standard InChI is InChI=1S/C52H72ClN3O10/c1-13-42-52(9,61)47(59)32(4)44(55-54-35(7)37-21-23-39(24-22-37)38-17-15-14-16-18-38)30(2)29-51(8,62-12)48(66-50-45(58)41(56(10)11)27-31(3)63-50)33(5)46(34(6)49(60)64-42)65-43(57)28-36-19-25-40(53)26-20-36/h14-26,30-34,41-42,45-48,50,58-59,61H,13,27-29H2,1-12H3/b54-35+,55-44+/t30-,31?,32+,33+,34-,41?,42-,45?,46+,47-,48-,50?,51-,52-/m1/s1. The second kappa shape index (κ2) is 22.8. The highest BCUT2D eigenvalue weighted by molar-refractivity contribution is 6.30. The van der Waals surface area contributed by atoms with Crippen LogP contribution in [0.4, 0.5) is 0 Å². The van der Waals surface area contributed by atoms with Gasteiger partial charge in [-0.15, -0.1) is 0 Å². The Morgan fingerprint density at radius 3 is 2.14 bits per heavy atom. The highest BCUT2D eigenvalue weighted by Gasteiger charge is 2.52. The molecule has 3 aromatic carbocycles. The minimum Gasteiger partial charge on any atom is -0.461 e. The molecule has 0 bridgehead atoms. The maximum atomic E-state index is 14.4. The fourth-order valence-corrected chi connectivity index (χ4v) is 9.80. The number of halogens is 1. The predicted octanol–water partition coefficient (Wildman–Crippen LogP) is 7.92. The molecule has 4 unspecified atom stereocenters. The van der Waals surface area contributed by atoms with E-state index in [9.17, 15) is 24.9 Å². The molecule has 3 aromatic rings. The summed E-state index contributed by atoms with van der Waals surface area (Å²) in [6.07, 6.45) is -6.57.